The number of hydrogen-bond acceptors (Lipinski definition) is 6. The molecule has 1 atom stereocenters. The number of anilines is 1. The first-order valence-corrected chi connectivity index (χ1v) is 9.83. The van der Waals surface area contributed by atoms with Crippen LogP contribution in [0.2, 0.25) is 0 Å². The van der Waals surface area contributed by atoms with Gasteiger partial charge in [-0.05, 0) is 25.3 Å². The molecule has 3 aromatic rings. The monoisotopic (exact) mass is 395 g/mol. The van der Waals surface area contributed by atoms with Gasteiger partial charge in [0.25, 0.3) is 5.91 Å². The van der Waals surface area contributed by atoms with Gasteiger partial charge >= 0.3 is 0 Å². The van der Waals surface area contributed by atoms with Gasteiger partial charge < -0.3 is 5.32 Å². The number of aromatic nitrogens is 3. The van der Waals surface area contributed by atoms with Crippen molar-refractivity contribution in [1.29, 1.82) is 0 Å². The molecule has 8 heteroatoms. The van der Waals surface area contributed by atoms with E-state index in [-0.39, 0.29) is 30.0 Å². The van der Waals surface area contributed by atoms with Crippen molar-refractivity contribution in [1.82, 2.24) is 20.3 Å². The molecule has 0 aliphatic rings. The Hall–Kier alpha value is -3.13. The third-order valence-electron chi connectivity index (χ3n) is 4.03. The van der Waals surface area contributed by atoms with Crippen LogP contribution in [0.1, 0.15) is 35.1 Å². The minimum atomic E-state index is -0.381. The number of hydrogen-bond donors (Lipinski definition) is 2. The number of rotatable bonds is 8. The van der Waals surface area contributed by atoms with Gasteiger partial charge in [0.05, 0.1) is 18.3 Å². The predicted octanol–water partition coefficient (Wildman–Crippen LogP) is 2.87. The van der Waals surface area contributed by atoms with Gasteiger partial charge in [-0.15, -0.1) is 11.3 Å². The lowest BCUT2D eigenvalue weighted by Gasteiger charge is -2.13. The number of nitrogens with one attached hydrogen (secondary N) is 2. The Balaban J connectivity index is 1.45. The first-order chi connectivity index (χ1) is 13.6. The summed E-state index contributed by atoms with van der Waals surface area (Å²) in [6.45, 7) is 1.99. The molecule has 0 aliphatic carbocycles. The van der Waals surface area contributed by atoms with Crippen molar-refractivity contribution < 1.29 is 9.59 Å². The molecule has 0 saturated carbocycles. The fraction of sp³-hybridized carbons (Fsp3) is 0.250. The molecule has 2 heterocycles. The quantitative estimate of drug-likeness (QED) is 0.611. The zero-order chi connectivity index (χ0) is 19.8. The summed E-state index contributed by atoms with van der Waals surface area (Å²) in [5.74, 6) is -0.467. The molecule has 0 spiro atoms. The lowest BCUT2D eigenvalue weighted by molar-refractivity contribution is -0.121. The number of amides is 2. The highest BCUT2D eigenvalue weighted by Crippen LogP contribution is 2.16. The summed E-state index contributed by atoms with van der Waals surface area (Å²) in [6.07, 6.45) is 6.29. The van der Waals surface area contributed by atoms with E-state index in [1.807, 2.05) is 25.1 Å². The number of thiazole rings is 1. The topological polar surface area (TPSA) is 96.9 Å². The van der Waals surface area contributed by atoms with E-state index >= 15 is 0 Å². The number of nitrogens with zero attached hydrogens (tertiary/aromatic N) is 3. The largest absolute Gasteiger partial charge is 0.353 e. The fourth-order valence-corrected chi connectivity index (χ4v) is 3.32. The molecule has 0 radical (unpaired) electrons. The van der Waals surface area contributed by atoms with Crippen LogP contribution in [0.15, 0.2) is 54.3 Å². The van der Waals surface area contributed by atoms with Gasteiger partial charge in [0, 0.05) is 23.8 Å². The van der Waals surface area contributed by atoms with Crippen molar-refractivity contribution in [3.63, 3.8) is 0 Å². The van der Waals surface area contributed by atoms with Crippen LogP contribution in [0.5, 0.6) is 0 Å². The maximum absolute atomic E-state index is 12.2. The van der Waals surface area contributed by atoms with E-state index < -0.39 is 0 Å². The van der Waals surface area contributed by atoms with Crippen LogP contribution >= 0.6 is 11.3 Å². The van der Waals surface area contributed by atoms with Crippen LogP contribution in [0.4, 0.5) is 5.13 Å². The molecule has 2 amide bonds. The van der Waals surface area contributed by atoms with Gasteiger partial charge in [-0.25, -0.2) is 9.97 Å². The predicted molar refractivity (Wildman–Crippen MR) is 108 cm³/mol. The highest BCUT2D eigenvalue weighted by molar-refractivity contribution is 7.14. The van der Waals surface area contributed by atoms with Crippen molar-refractivity contribution in [3.8, 4) is 0 Å². The number of carbonyl (C=O) groups excluding carboxylic acids is 2. The van der Waals surface area contributed by atoms with Gasteiger partial charge in [0.1, 0.15) is 5.69 Å². The van der Waals surface area contributed by atoms with Gasteiger partial charge in [-0.3, -0.25) is 19.9 Å². The van der Waals surface area contributed by atoms with Gasteiger partial charge in [0.15, 0.2) is 5.13 Å². The molecule has 0 bridgehead atoms. The van der Waals surface area contributed by atoms with Gasteiger partial charge in [-0.1, -0.05) is 30.3 Å². The Morgan fingerprint density at radius 3 is 2.75 bits per heavy atom. The summed E-state index contributed by atoms with van der Waals surface area (Å²) in [5, 5.41) is 7.85. The third kappa shape index (κ3) is 5.95. The van der Waals surface area contributed by atoms with E-state index in [0.29, 0.717) is 10.8 Å². The number of benzene rings is 1. The van der Waals surface area contributed by atoms with Crippen molar-refractivity contribution in [3.05, 3.63) is 71.3 Å². The fourth-order valence-electron chi connectivity index (χ4n) is 2.61. The number of aryl methyl sites for hydroxylation is 1. The Labute approximate surface area is 167 Å². The van der Waals surface area contributed by atoms with Crippen LogP contribution in [0.3, 0.4) is 0 Å². The maximum atomic E-state index is 12.2. The van der Waals surface area contributed by atoms with Gasteiger partial charge in [0.2, 0.25) is 5.91 Å². The molecule has 144 valence electrons. The minimum absolute atomic E-state index is 0.0715. The molecule has 3 rings (SSSR count). The third-order valence-corrected chi connectivity index (χ3v) is 4.83. The standard InChI is InChI=1S/C20H21N5O2S/c1-14(7-8-15-5-3-2-4-6-15)23-18(26)11-16-13-28-20(24-16)25-19(27)17-12-21-9-10-22-17/h2-6,9-10,12-14H,7-8,11H2,1H3,(H,23,26)(H,24,25,27). The first kappa shape index (κ1) is 19.6. The zero-order valence-electron chi connectivity index (χ0n) is 15.5. The second-order valence-electron chi connectivity index (χ2n) is 6.36. The maximum Gasteiger partial charge on any atom is 0.277 e. The molecule has 0 fully saturated rings. The summed E-state index contributed by atoms with van der Waals surface area (Å²) in [6, 6.07) is 10.3. The van der Waals surface area contributed by atoms with Crippen LogP contribution in [-0.4, -0.2) is 32.8 Å². The Kier molecular flexibility index (Phi) is 6.80. The second kappa shape index (κ2) is 9.70. The Morgan fingerprint density at radius 2 is 2.00 bits per heavy atom. The summed E-state index contributed by atoms with van der Waals surface area (Å²) in [4.78, 5) is 36.4. The molecule has 2 aromatic heterocycles. The summed E-state index contributed by atoms with van der Waals surface area (Å²) >= 11 is 1.27. The van der Waals surface area contributed by atoms with E-state index in [1.165, 1.54) is 35.5 Å². The van der Waals surface area contributed by atoms with E-state index in [1.54, 1.807) is 5.38 Å². The Morgan fingerprint density at radius 1 is 1.18 bits per heavy atom. The second-order valence-corrected chi connectivity index (χ2v) is 7.22. The highest BCUT2D eigenvalue weighted by atomic mass is 32.1. The van der Waals surface area contributed by atoms with E-state index in [4.69, 9.17) is 0 Å². The molecule has 1 unspecified atom stereocenters. The molecule has 2 N–H and O–H groups in total. The van der Waals surface area contributed by atoms with Crippen molar-refractivity contribution in [2.75, 3.05) is 5.32 Å². The van der Waals surface area contributed by atoms with Crippen molar-refractivity contribution >= 4 is 28.3 Å². The van der Waals surface area contributed by atoms with Crippen molar-refractivity contribution in [2.45, 2.75) is 32.2 Å². The van der Waals surface area contributed by atoms with E-state index in [2.05, 4.69) is 37.7 Å². The summed E-state index contributed by atoms with van der Waals surface area (Å²) in [7, 11) is 0. The van der Waals surface area contributed by atoms with Crippen molar-refractivity contribution in [2.24, 2.45) is 0 Å². The highest BCUT2D eigenvalue weighted by Gasteiger charge is 2.13. The average molecular weight is 395 g/mol. The van der Waals surface area contributed by atoms with Crippen LogP contribution in [-0.2, 0) is 17.6 Å². The zero-order valence-corrected chi connectivity index (χ0v) is 16.3. The summed E-state index contributed by atoms with van der Waals surface area (Å²) < 4.78 is 0. The lowest BCUT2D eigenvalue weighted by atomic mass is 10.1. The number of carbonyl (C=O) groups is 2. The molecular weight excluding hydrogens is 374 g/mol. The molecule has 28 heavy (non-hydrogen) atoms. The van der Waals surface area contributed by atoms with E-state index in [0.717, 1.165) is 12.8 Å². The van der Waals surface area contributed by atoms with Crippen LogP contribution in [0, 0.1) is 0 Å². The smallest absolute Gasteiger partial charge is 0.277 e. The normalized spacial score (nSPS) is 11.6. The van der Waals surface area contributed by atoms with E-state index in [9.17, 15) is 9.59 Å². The SMILES string of the molecule is CC(CCc1ccccc1)NC(=O)Cc1csc(NC(=O)c2cnccn2)n1. The molecule has 0 aliphatic heterocycles. The average Bonchev–Trinajstić information content (AvgIpc) is 3.14. The summed E-state index contributed by atoms with van der Waals surface area (Å²) in [5.41, 5.74) is 2.09. The molecule has 1 aromatic carbocycles. The van der Waals surface area contributed by atoms with Crippen LogP contribution in [0.25, 0.3) is 0 Å². The molecule has 0 saturated heterocycles. The molecular formula is C20H21N5O2S. The molecule has 7 nitrogen and oxygen atoms in total. The lowest BCUT2D eigenvalue weighted by Crippen LogP contribution is -2.34. The van der Waals surface area contributed by atoms with Crippen LogP contribution < -0.4 is 10.6 Å². The van der Waals surface area contributed by atoms with Gasteiger partial charge in [-0.2, -0.15) is 0 Å². The first-order valence-electron chi connectivity index (χ1n) is 8.95. The minimum Gasteiger partial charge on any atom is -0.353 e. The Bertz CT molecular complexity index is 915.